The number of rotatable bonds is 8. The Morgan fingerprint density at radius 2 is 1.85 bits per heavy atom. The standard InChI is InChI=1S/C19H21N5O2/c1-26-17-8-3-2-6-14(17)13-22-18-12-16(15-7-4-5-9-20-15)23-19(24-18)21-10-11-25/h2-9,12,25H,10-11,13H2,1H3,(H2,21,22,23,24). The summed E-state index contributed by atoms with van der Waals surface area (Å²) in [6.07, 6.45) is 1.72. The van der Waals surface area contributed by atoms with Gasteiger partial charge >= 0.3 is 0 Å². The van der Waals surface area contributed by atoms with Crippen LogP contribution in [0.3, 0.4) is 0 Å². The molecular formula is C19H21N5O2. The van der Waals surface area contributed by atoms with Crippen molar-refractivity contribution in [2.24, 2.45) is 0 Å². The number of aliphatic hydroxyl groups excluding tert-OH is 1. The molecule has 3 rings (SSSR count). The molecule has 0 aliphatic heterocycles. The number of aliphatic hydroxyl groups is 1. The van der Waals surface area contributed by atoms with Crippen LogP contribution in [0.4, 0.5) is 11.8 Å². The van der Waals surface area contributed by atoms with Gasteiger partial charge in [-0.15, -0.1) is 0 Å². The highest BCUT2D eigenvalue weighted by molar-refractivity contribution is 5.61. The third-order valence-corrected chi connectivity index (χ3v) is 3.70. The molecule has 3 N–H and O–H groups in total. The molecular weight excluding hydrogens is 330 g/mol. The maximum absolute atomic E-state index is 9.03. The Morgan fingerprint density at radius 1 is 1.00 bits per heavy atom. The molecule has 0 unspecified atom stereocenters. The summed E-state index contributed by atoms with van der Waals surface area (Å²) in [7, 11) is 1.65. The molecule has 0 amide bonds. The largest absolute Gasteiger partial charge is 0.496 e. The van der Waals surface area contributed by atoms with Crippen molar-refractivity contribution in [2.75, 3.05) is 30.9 Å². The van der Waals surface area contributed by atoms with Crippen LogP contribution in [0, 0.1) is 0 Å². The summed E-state index contributed by atoms with van der Waals surface area (Å²) in [4.78, 5) is 13.3. The van der Waals surface area contributed by atoms with Crippen LogP contribution in [-0.2, 0) is 6.54 Å². The summed E-state index contributed by atoms with van der Waals surface area (Å²) >= 11 is 0. The Bertz CT molecular complexity index is 842. The van der Waals surface area contributed by atoms with Crippen LogP contribution >= 0.6 is 0 Å². The van der Waals surface area contributed by atoms with Gasteiger partial charge < -0.3 is 20.5 Å². The number of nitrogens with one attached hydrogen (secondary N) is 2. The molecule has 0 aliphatic carbocycles. The molecule has 0 radical (unpaired) electrons. The number of methoxy groups -OCH3 is 1. The number of benzene rings is 1. The quantitative estimate of drug-likeness (QED) is 0.574. The fourth-order valence-corrected chi connectivity index (χ4v) is 2.46. The number of pyridine rings is 1. The highest BCUT2D eigenvalue weighted by atomic mass is 16.5. The Kier molecular flexibility index (Phi) is 5.95. The van der Waals surface area contributed by atoms with Crippen LogP contribution in [0.5, 0.6) is 5.75 Å². The molecule has 134 valence electrons. The van der Waals surface area contributed by atoms with E-state index in [0.717, 1.165) is 17.0 Å². The predicted molar refractivity (Wildman–Crippen MR) is 101 cm³/mol. The lowest BCUT2D eigenvalue weighted by Crippen LogP contribution is -2.11. The Morgan fingerprint density at radius 3 is 2.62 bits per heavy atom. The number of ether oxygens (including phenoxy) is 1. The minimum Gasteiger partial charge on any atom is -0.496 e. The van der Waals surface area contributed by atoms with Crippen molar-refractivity contribution >= 4 is 11.8 Å². The van der Waals surface area contributed by atoms with Crippen molar-refractivity contribution in [3.63, 3.8) is 0 Å². The van der Waals surface area contributed by atoms with E-state index in [1.54, 1.807) is 13.3 Å². The Balaban J connectivity index is 1.85. The molecule has 26 heavy (non-hydrogen) atoms. The van der Waals surface area contributed by atoms with E-state index in [2.05, 4.69) is 25.6 Å². The number of hydrogen-bond acceptors (Lipinski definition) is 7. The molecule has 2 heterocycles. The normalized spacial score (nSPS) is 10.4. The van der Waals surface area contributed by atoms with Gasteiger partial charge in [-0.1, -0.05) is 24.3 Å². The molecule has 0 bridgehead atoms. The molecule has 7 nitrogen and oxygen atoms in total. The van der Waals surface area contributed by atoms with Gasteiger partial charge in [0.2, 0.25) is 5.95 Å². The van der Waals surface area contributed by atoms with Crippen LogP contribution in [-0.4, -0.2) is 40.3 Å². The Labute approximate surface area is 152 Å². The third kappa shape index (κ3) is 4.46. The first-order valence-corrected chi connectivity index (χ1v) is 8.31. The lowest BCUT2D eigenvalue weighted by atomic mass is 10.2. The summed E-state index contributed by atoms with van der Waals surface area (Å²) in [5.41, 5.74) is 2.48. The van der Waals surface area contributed by atoms with E-state index in [-0.39, 0.29) is 6.61 Å². The zero-order chi connectivity index (χ0) is 18.2. The van der Waals surface area contributed by atoms with Crippen molar-refractivity contribution in [3.05, 3.63) is 60.3 Å². The van der Waals surface area contributed by atoms with E-state index in [9.17, 15) is 0 Å². The van der Waals surface area contributed by atoms with E-state index in [0.29, 0.717) is 30.5 Å². The average Bonchev–Trinajstić information content (AvgIpc) is 2.71. The van der Waals surface area contributed by atoms with E-state index in [4.69, 9.17) is 9.84 Å². The molecule has 0 fully saturated rings. The topological polar surface area (TPSA) is 92.2 Å². The number of para-hydroxylation sites is 1. The summed E-state index contributed by atoms with van der Waals surface area (Å²) in [5.74, 6) is 1.91. The second-order valence-corrected chi connectivity index (χ2v) is 5.49. The maximum atomic E-state index is 9.03. The highest BCUT2D eigenvalue weighted by Gasteiger charge is 2.08. The van der Waals surface area contributed by atoms with E-state index in [1.165, 1.54) is 0 Å². The van der Waals surface area contributed by atoms with Gasteiger partial charge in [0, 0.05) is 30.9 Å². The first kappa shape index (κ1) is 17.6. The molecule has 0 saturated heterocycles. The van der Waals surface area contributed by atoms with Gasteiger partial charge in [0.15, 0.2) is 0 Å². The second kappa shape index (κ2) is 8.77. The molecule has 0 aliphatic rings. The zero-order valence-electron chi connectivity index (χ0n) is 14.5. The van der Waals surface area contributed by atoms with Crippen LogP contribution in [0.2, 0.25) is 0 Å². The van der Waals surface area contributed by atoms with Gasteiger partial charge in [-0.3, -0.25) is 4.98 Å². The van der Waals surface area contributed by atoms with E-state index < -0.39 is 0 Å². The molecule has 0 saturated carbocycles. The molecule has 0 spiro atoms. The minimum atomic E-state index is 0.00114. The average molecular weight is 351 g/mol. The second-order valence-electron chi connectivity index (χ2n) is 5.49. The smallest absolute Gasteiger partial charge is 0.225 e. The fourth-order valence-electron chi connectivity index (χ4n) is 2.46. The van der Waals surface area contributed by atoms with Gasteiger partial charge in [0.1, 0.15) is 11.6 Å². The molecule has 3 aromatic rings. The molecule has 2 aromatic heterocycles. The minimum absolute atomic E-state index is 0.00114. The number of aromatic nitrogens is 3. The van der Waals surface area contributed by atoms with Crippen molar-refractivity contribution < 1.29 is 9.84 Å². The van der Waals surface area contributed by atoms with Crippen molar-refractivity contribution in [2.45, 2.75) is 6.54 Å². The van der Waals surface area contributed by atoms with E-state index >= 15 is 0 Å². The number of anilines is 2. The summed E-state index contributed by atoms with van der Waals surface area (Å²) in [6.45, 7) is 0.931. The zero-order valence-corrected chi connectivity index (χ0v) is 14.5. The lowest BCUT2D eigenvalue weighted by Gasteiger charge is -2.12. The Hall–Kier alpha value is -3.19. The third-order valence-electron chi connectivity index (χ3n) is 3.70. The van der Waals surface area contributed by atoms with Gasteiger partial charge in [0.05, 0.1) is 25.1 Å². The first-order valence-electron chi connectivity index (χ1n) is 8.31. The monoisotopic (exact) mass is 351 g/mol. The van der Waals surface area contributed by atoms with Gasteiger partial charge in [-0.25, -0.2) is 4.98 Å². The predicted octanol–water partition coefficient (Wildman–Crippen LogP) is 2.56. The van der Waals surface area contributed by atoms with Gasteiger partial charge in [-0.05, 0) is 18.2 Å². The molecule has 1 aromatic carbocycles. The SMILES string of the molecule is COc1ccccc1CNc1cc(-c2ccccn2)nc(NCCO)n1. The van der Waals surface area contributed by atoms with Crippen molar-refractivity contribution in [1.29, 1.82) is 0 Å². The highest BCUT2D eigenvalue weighted by Crippen LogP contribution is 2.22. The molecule has 0 atom stereocenters. The summed E-state index contributed by atoms with van der Waals surface area (Å²) in [6, 6.07) is 15.3. The van der Waals surface area contributed by atoms with Crippen LogP contribution < -0.4 is 15.4 Å². The summed E-state index contributed by atoms with van der Waals surface area (Å²) in [5, 5.41) is 15.3. The number of nitrogens with zero attached hydrogens (tertiary/aromatic N) is 3. The van der Waals surface area contributed by atoms with Gasteiger partial charge in [-0.2, -0.15) is 4.98 Å². The van der Waals surface area contributed by atoms with Crippen LogP contribution in [0.1, 0.15) is 5.56 Å². The van der Waals surface area contributed by atoms with Crippen LogP contribution in [0.15, 0.2) is 54.7 Å². The van der Waals surface area contributed by atoms with E-state index in [1.807, 2.05) is 48.5 Å². The summed E-state index contributed by atoms with van der Waals surface area (Å²) < 4.78 is 5.38. The lowest BCUT2D eigenvalue weighted by molar-refractivity contribution is 0.311. The fraction of sp³-hybridized carbons (Fsp3) is 0.211. The number of hydrogen-bond donors (Lipinski definition) is 3. The maximum Gasteiger partial charge on any atom is 0.225 e. The molecule has 7 heteroatoms. The van der Waals surface area contributed by atoms with Crippen molar-refractivity contribution in [1.82, 2.24) is 15.0 Å². The van der Waals surface area contributed by atoms with Crippen LogP contribution in [0.25, 0.3) is 11.4 Å². The first-order chi connectivity index (χ1) is 12.8. The van der Waals surface area contributed by atoms with Crippen molar-refractivity contribution in [3.8, 4) is 17.1 Å². The van der Waals surface area contributed by atoms with Gasteiger partial charge in [0.25, 0.3) is 0 Å².